The molecule has 0 rings (SSSR count). The van der Waals surface area contributed by atoms with Crippen molar-refractivity contribution >= 4 is 16.9 Å². The van der Waals surface area contributed by atoms with E-state index in [9.17, 15) is 0 Å². The maximum atomic E-state index is 6.11. The van der Waals surface area contributed by atoms with E-state index in [-0.39, 0.29) is 0 Å². The standard InChI is InChI=1S/C9H23NO2Si2/c1-6-14(5,11-2)12-13(3,4)9-7-8-10/h6H,1,7-10H2,2-5H3. The second-order valence-electron chi connectivity index (χ2n) is 4.18. The second kappa shape index (κ2) is 5.82. The lowest BCUT2D eigenvalue weighted by atomic mass is 10.5. The van der Waals surface area contributed by atoms with Gasteiger partial charge in [-0.25, -0.2) is 0 Å². The lowest BCUT2D eigenvalue weighted by Gasteiger charge is -2.32. The normalized spacial score (nSPS) is 16.4. The Hall–Kier alpha value is 0.0538. The van der Waals surface area contributed by atoms with Gasteiger partial charge in [0.05, 0.1) is 0 Å². The van der Waals surface area contributed by atoms with Gasteiger partial charge in [0.2, 0.25) is 0 Å². The molecule has 1 unspecified atom stereocenters. The van der Waals surface area contributed by atoms with Crippen LogP contribution in [0.1, 0.15) is 6.42 Å². The summed E-state index contributed by atoms with van der Waals surface area (Å²) in [6.07, 6.45) is 1.03. The minimum absolute atomic E-state index is 0.735. The maximum Gasteiger partial charge on any atom is 0.350 e. The molecule has 1 atom stereocenters. The number of rotatable bonds is 7. The van der Waals surface area contributed by atoms with Gasteiger partial charge >= 0.3 is 8.56 Å². The van der Waals surface area contributed by atoms with E-state index < -0.39 is 16.9 Å². The van der Waals surface area contributed by atoms with Crippen LogP contribution in [0.4, 0.5) is 0 Å². The van der Waals surface area contributed by atoms with E-state index in [0.29, 0.717) is 0 Å². The molecule has 5 heteroatoms. The lowest BCUT2D eigenvalue weighted by Crippen LogP contribution is -2.47. The van der Waals surface area contributed by atoms with Gasteiger partial charge in [0, 0.05) is 7.11 Å². The third-order valence-corrected chi connectivity index (χ3v) is 9.18. The first-order valence-corrected chi connectivity index (χ1v) is 10.5. The molecule has 0 saturated carbocycles. The summed E-state index contributed by atoms with van der Waals surface area (Å²) in [7, 11) is -2.02. The van der Waals surface area contributed by atoms with Gasteiger partial charge in [-0.2, -0.15) is 0 Å². The predicted molar refractivity (Wildman–Crippen MR) is 65.9 cm³/mol. The molecule has 0 radical (unpaired) electrons. The van der Waals surface area contributed by atoms with E-state index in [1.807, 2.05) is 12.2 Å². The Morgan fingerprint density at radius 3 is 2.29 bits per heavy atom. The molecule has 2 N–H and O–H groups in total. The number of nitrogens with two attached hydrogens (primary N) is 1. The van der Waals surface area contributed by atoms with Crippen LogP contribution in [0.5, 0.6) is 0 Å². The van der Waals surface area contributed by atoms with E-state index in [1.54, 1.807) is 7.11 Å². The smallest absolute Gasteiger partial charge is 0.350 e. The van der Waals surface area contributed by atoms with Crippen molar-refractivity contribution in [3.63, 3.8) is 0 Å². The highest BCUT2D eigenvalue weighted by Gasteiger charge is 2.34. The summed E-state index contributed by atoms with van der Waals surface area (Å²) in [5.41, 5.74) is 7.33. The average molecular weight is 233 g/mol. The van der Waals surface area contributed by atoms with Crippen molar-refractivity contribution in [2.45, 2.75) is 32.1 Å². The molecule has 0 bridgehead atoms. The fourth-order valence-corrected chi connectivity index (χ4v) is 7.98. The molecule has 0 aliphatic rings. The Labute approximate surface area is 89.7 Å². The Balaban J connectivity index is 4.24. The highest BCUT2D eigenvalue weighted by atomic mass is 28.4. The van der Waals surface area contributed by atoms with E-state index >= 15 is 0 Å². The van der Waals surface area contributed by atoms with E-state index in [0.717, 1.165) is 19.0 Å². The zero-order chi connectivity index (χ0) is 11.2. The summed E-state index contributed by atoms with van der Waals surface area (Å²) in [4.78, 5) is 0. The summed E-state index contributed by atoms with van der Waals surface area (Å²) < 4.78 is 11.5. The zero-order valence-corrected chi connectivity index (χ0v) is 11.8. The molecule has 0 fully saturated rings. The van der Waals surface area contributed by atoms with Crippen LogP contribution in [0.2, 0.25) is 25.7 Å². The van der Waals surface area contributed by atoms with Crippen molar-refractivity contribution in [2.75, 3.05) is 13.7 Å². The van der Waals surface area contributed by atoms with Crippen molar-refractivity contribution in [3.8, 4) is 0 Å². The zero-order valence-electron chi connectivity index (χ0n) is 9.80. The molecular formula is C9H23NO2Si2. The molecule has 84 valence electrons. The molecule has 0 heterocycles. The van der Waals surface area contributed by atoms with Gasteiger partial charge in [-0.05, 0) is 38.7 Å². The third kappa shape index (κ3) is 5.06. The van der Waals surface area contributed by atoms with Crippen molar-refractivity contribution in [1.82, 2.24) is 0 Å². The van der Waals surface area contributed by atoms with Gasteiger partial charge in [0.1, 0.15) is 0 Å². The van der Waals surface area contributed by atoms with Gasteiger partial charge in [-0.3, -0.25) is 0 Å². The van der Waals surface area contributed by atoms with Gasteiger partial charge in [-0.1, -0.05) is 5.70 Å². The van der Waals surface area contributed by atoms with Gasteiger partial charge in [-0.15, -0.1) is 6.58 Å². The quantitative estimate of drug-likeness (QED) is 0.684. The summed E-state index contributed by atoms with van der Waals surface area (Å²) >= 11 is 0. The highest BCUT2D eigenvalue weighted by Crippen LogP contribution is 2.20. The molecule has 0 saturated heterocycles. The Morgan fingerprint density at radius 2 is 1.93 bits per heavy atom. The van der Waals surface area contributed by atoms with Gasteiger partial charge in [0.25, 0.3) is 0 Å². The molecule has 0 aromatic carbocycles. The van der Waals surface area contributed by atoms with E-state index in [2.05, 4.69) is 19.7 Å². The molecule has 0 aliphatic heterocycles. The molecule has 0 aromatic heterocycles. The number of hydrogen-bond acceptors (Lipinski definition) is 3. The molecule has 0 amide bonds. The minimum atomic E-state index is -2.10. The Morgan fingerprint density at radius 1 is 1.36 bits per heavy atom. The first-order chi connectivity index (χ1) is 6.39. The molecule has 0 aliphatic carbocycles. The predicted octanol–water partition coefficient (Wildman–Crippen LogP) is 2.00. The topological polar surface area (TPSA) is 44.5 Å². The van der Waals surface area contributed by atoms with E-state index in [4.69, 9.17) is 14.3 Å². The molecule has 14 heavy (non-hydrogen) atoms. The van der Waals surface area contributed by atoms with E-state index in [1.165, 1.54) is 0 Å². The van der Waals surface area contributed by atoms with Crippen LogP contribution >= 0.6 is 0 Å². The van der Waals surface area contributed by atoms with Crippen LogP contribution in [-0.2, 0) is 8.54 Å². The van der Waals surface area contributed by atoms with Crippen LogP contribution in [0, 0.1) is 0 Å². The van der Waals surface area contributed by atoms with Crippen molar-refractivity contribution in [2.24, 2.45) is 5.73 Å². The number of hydrogen-bond donors (Lipinski definition) is 1. The average Bonchev–Trinajstić information content (AvgIpc) is 2.14. The molecule has 0 spiro atoms. The fourth-order valence-electron chi connectivity index (χ4n) is 1.29. The summed E-state index contributed by atoms with van der Waals surface area (Å²) in [5.74, 6) is 0. The van der Waals surface area contributed by atoms with Crippen LogP contribution in [0.3, 0.4) is 0 Å². The maximum absolute atomic E-state index is 6.11. The lowest BCUT2D eigenvalue weighted by molar-refractivity contribution is 0.316. The van der Waals surface area contributed by atoms with Crippen molar-refractivity contribution in [3.05, 3.63) is 12.3 Å². The fraction of sp³-hybridized carbons (Fsp3) is 0.778. The van der Waals surface area contributed by atoms with Crippen molar-refractivity contribution < 1.29 is 8.54 Å². The Bertz CT molecular complexity index is 188. The summed E-state index contributed by atoms with van der Waals surface area (Å²) in [6, 6.07) is 1.09. The van der Waals surface area contributed by atoms with Gasteiger partial charge < -0.3 is 14.3 Å². The summed E-state index contributed by atoms with van der Waals surface area (Å²) in [5, 5.41) is 0. The Kier molecular flexibility index (Phi) is 5.84. The first kappa shape index (κ1) is 14.1. The first-order valence-electron chi connectivity index (χ1n) is 4.98. The SMILES string of the molecule is C=C[Si](C)(OC)O[Si](C)(C)CCCN. The second-order valence-corrected chi connectivity index (χ2v) is 11.9. The van der Waals surface area contributed by atoms with Crippen LogP contribution < -0.4 is 5.73 Å². The molecule has 3 nitrogen and oxygen atoms in total. The molecule has 0 aromatic rings. The third-order valence-electron chi connectivity index (χ3n) is 2.24. The summed E-state index contributed by atoms with van der Waals surface area (Å²) in [6.45, 7) is 10.9. The van der Waals surface area contributed by atoms with Gasteiger partial charge in [0.15, 0.2) is 8.32 Å². The van der Waals surface area contributed by atoms with Crippen LogP contribution in [0.15, 0.2) is 12.3 Å². The highest BCUT2D eigenvalue weighted by molar-refractivity contribution is 6.84. The van der Waals surface area contributed by atoms with Crippen molar-refractivity contribution in [1.29, 1.82) is 0 Å². The largest absolute Gasteiger partial charge is 0.433 e. The van der Waals surface area contributed by atoms with Crippen LogP contribution in [-0.4, -0.2) is 30.5 Å². The van der Waals surface area contributed by atoms with Crippen LogP contribution in [0.25, 0.3) is 0 Å². The minimum Gasteiger partial charge on any atom is -0.433 e. The monoisotopic (exact) mass is 233 g/mol. The molecular weight excluding hydrogens is 210 g/mol.